The van der Waals surface area contributed by atoms with Gasteiger partial charge in [0.25, 0.3) is 0 Å². The third-order valence-electron chi connectivity index (χ3n) is 8.08. The van der Waals surface area contributed by atoms with Gasteiger partial charge < -0.3 is 5.32 Å². The van der Waals surface area contributed by atoms with Crippen LogP contribution in [0.1, 0.15) is 53.8 Å². The molecule has 3 heterocycles. The molecule has 1 N–H and O–H groups in total. The highest BCUT2D eigenvalue weighted by Crippen LogP contribution is 2.54. The number of carbonyl (C=O) groups excluding carboxylic acids is 3. The molecule has 9 heteroatoms. The van der Waals surface area contributed by atoms with Gasteiger partial charge >= 0.3 is 4.87 Å². The maximum atomic E-state index is 14.1. The van der Waals surface area contributed by atoms with Crippen LogP contribution in [0.5, 0.6) is 0 Å². The Bertz CT molecular complexity index is 1800. The first-order valence-corrected chi connectivity index (χ1v) is 15.9. The number of carbonyl (C=O) groups is 3. The van der Waals surface area contributed by atoms with Crippen molar-refractivity contribution < 1.29 is 14.4 Å². The normalized spacial score (nSPS) is 19.7. The number of anilines is 2. The largest absolute Gasteiger partial charge is 0.325 e. The smallest absolute Gasteiger partial charge is 0.308 e. The molecule has 0 radical (unpaired) electrons. The number of nitrogens with zero attached hydrogens (tertiary/aromatic N) is 2. The predicted molar refractivity (Wildman–Crippen MR) is 172 cm³/mol. The van der Waals surface area contributed by atoms with Crippen LogP contribution in [0, 0.1) is 19.8 Å². The molecule has 1 fully saturated rings. The standard InChI is InChI=1S/C34H33N3O4S2/c1-19-9-15-24(16-10-19)37-30(39)27-26(21-11-13-22(14-12-21)34(3,4)5)29-32(42-28(27)31(37)40)36(33(41)43-29)18-25(38)35-23-8-6-7-20(2)17-23/h6-17,26-28H,18H2,1-5H3,(H,35,38)/t26-,27-,28+/m0/s1. The number of fused-ring (bicyclic) bond motifs is 2. The van der Waals surface area contributed by atoms with Gasteiger partial charge in [0, 0.05) is 16.5 Å². The number of thiazole rings is 1. The fourth-order valence-electron chi connectivity index (χ4n) is 5.82. The van der Waals surface area contributed by atoms with Crippen LogP contribution in [0.4, 0.5) is 11.4 Å². The first-order valence-electron chi connectivity index (χ1n) is 14.2. The van der Waals surface area contributed by atoms with Crippen LogP contribution in [-0.4, -0.2) is 27.5 Å². The van der Waals surface area contributed by atoms with Crippen molar-refractivity contribution in [1.29, 1.82) is 0 Å². The highest BCUT2D eigenvalue weighted by Gasteiger charge is 2.56. The molecule has 0 spiro atoms. The molecule has 7 nitrogen and oxygen atoms in total. The van der Waals surface area contributed by atoms with Gasteiger partial charge in [0.1, 0.15) is 11.8 Å². The molecule has 3 aromatic carbocycles. The van der Waals surface area contributed by atoms with Crippen LogP contribution < -0.4 is 15.1 Å². The third kappa shape index (κ3) is 5.36. The number of hydrogen-bond donors (Lipinski definition) is 1. The second-order valence-corrected chi connectivity index (χ2v) is 14.4. The minimum absolute atomic E-state index is 0.0607. The van der Waals surface area contributed by atoms with Gasteiger partial charge in [-0.2, -0.15) is 0 Å². The number of nitrogens with one attached hydrogen (secondary N) is 1. The summed E-state index contributed by atoms with van der Waals surface area (Å²) in [6, 6.07) is 22.9. The highest BCUT2D eigenvalue weighted by molar-refractivity contribution is 8.00. The molecule has 220 valence electrons. The van der Waals surface area contributed by atoms with E-state index in [-0.39, 0.29) is 34.6 Å². The summed E-state index contributed by atoms with van der Waals surface area (Å²) < 4.78 is 1.45. The Morgan fingerprint density at radius 2 is 1.58 bits per heavy atom. The molecule has 0 unspecified atom stereocenters. The molecule has 1 aromatic heterocycles. The number of amides is 3. The van der Waals surface area contributed by atoms with Crippen molar-refractivity contribution in [3.63, 3.8) is 0 Å². The third-order valence-corrected chi connectivity index (χ3v) is 10.7. The van der Waals surface area contributed by atoms with Gasteiger partial charge in [-0.05, 0) is 60.2 Å². The summed E-state index contributed by atoms with van der Waals surface area (Å²) in [6.45, 7) is 10.1. The zero-order chi connectivity index (χ0) is 30.6. The Morgan fingerprint density at radius 1 is 0.884 bits per heavy atom. The van der Waals surface area contributed by atoms with Crippen molar-refractivity contribution >= 4 is 52.2 Å². The summed E-state index contributed by atoms with van der Waals surface area (Å²) in [5.74, 6) is -2.09. The molecule has 4 aromatic rings. The van der Waals surface area contributed by atoms with Crippen molar-refractivity contribution in [2.24, 2.45) is 5.92 Å². The fraction of sp³-hybridized carbons (Fsp3) is 0.294. The summed E-state index contributed by atoms with van der Waals surface area (Å²) >= 11 is 2.28. The van der Waals surface area contributed by atoms with E-state index >= 15 is 0 Å². The van der Waals surface area contributed by atoms with Crippen molar-refractivity contribution in [3.8, 4) is 0 Å². The summed E-state index contributed by atoms with van der Waals surface area (Å²) in [4.78, 5) is 56.3. The lowest BCUT2D eigenvalue weighted by molar-refractivity contribution is -0.122. The summed E-state index contributed by atoms with van der Waals surface area (Å²) in [5, 5.41) is 2.73. The Labute approximate surface area is 258 Å². The minimum atomic E-state index is -0.728. The van der Waals surface area contributed by atoms with Gasteiger partial charge in [0.2, 0.25) is 17.7 Å². The van der Waals surface area contributed by atoms with Gasteiger partial charge in [-0.1, -0.05) is 98.0 Å². The number of thioether (sulfide) groups is 1. The molecule has 6 rings (SSSR count). The lowest BCUT2D eigenvalue weighted by Crippen LogP contribution is -2.33. The average Bonchev–Trinajstić information content (AvgIpc) is 3.39. The second kappa shape index (κ2) is 11.0. The summed E-state index contributed by atoms with van der Waals surface area (Å²) in [7, 11) is 0. The number of hydrogen-bond acceptors (Lipinski definition) is 6. The molecule has 43 heavy (non-hydrogen) atoms. The zero-order valence-corrected chi connectivity index (χ0v) is 26.3. The van der Waals surface area contributed by atoms with E-state index in [2.05, 4.69) is 38.2 Å². The van der Waals surface area contributed by atoms with E-state index in [0.717, 1.165) is 38.5 Å². The number of aryl methyl sites for hydroxylation is 2. The molecule has 3 amide bonds. The number of benzene rings is 3. The van der Waals surface area contributed by atoms with Crippen molar-refractivity contribution in [1.82, 2.24) is 4.57 Å². The lowest BCUT2D eigenvalue weighted by atomic mass is 9.81. The molecular formula is C34H33N3O4S2. The quantitative estimate of drug-likeness (QED) is 0.269. The maximum Gasteiger partial charge on any atom is 0.308 e. The summed E-state index contributed by atoms with van der Waals surface area (Å²) in [5.41, 5.74) is 5.18. The monoisotopic (exact) mass is 611 g/mol. The highest BCUT2D eigenvalue weighted by atomic mass is 32.2. The van der Waals surface area contributed by atoms with E-state index in [1.54, 1.807) is 18.2 Å². The topological polar surface area (TPSA) is 88.5 Å². The fourth-order valence-corrected chi connectivity index (χ4v) is 8.59. The number of aromatic nitrogens is 1. The Kier molecular flexibility index (Phi) is 7.42. The van der Waals surface area contributed by atoms with Gasteiger partial charge in [0.15, 0.2) is 0 Å². The SMILES string of the molecule is Cc1ccc(N2C(=O)[C@H]3[C@H](c4ccc(C(C)(C)C)cc4)c4sc(=O)n(CC(=O)Nc5cccc(C)c5)c4S[C@H]3C2=O)cc1. The number of imide groups is 1. The van der Waals surface area contributed by atoms with Crippen molar-refractivity contribution in [2.75, 3.05) is 10.2 Å². The van der Waals surface area contributed by atoms with Gasteiger partial charge in [-0.3, -0.25) is 23.7 Å². The van der Waals surface area contributed by atoms with Crippen LogP contribution in [0.15, 0.2) is 82.6 Å². The van der Waals surface area contributed by atoms with E-state index in [0.29, 0.717) is 16.4 Å². The first-order chi connectivity index (χ1) is 20.4. The number of rotatable bonds is 5. The lowest BCUT2D eigenvalue weighted by Gasteiger charge is -2.31. The van der Waals surface area contributed by atoms with Crippen LogP contribution >= 0.6 is 23.1 Å². The summed E-state index contributed by atoms with van der Waals surface area (Å²) in [6.07, 6.45) is 0. The molecule has 2 aliphatic heterocycles. The van der Waals surface area contributed by atoms with Crippen LogP contribution in [0.2, 0.25) is 0 Å². The molecule has 2 aliphatic rings. The van der Waals surface area contributed by atoms with Crippen molar-refractivity contribution in [3.05, 3.63) is 110 Å². The Morgan fingerprint density at radius 3 is 2.23 bits per heavy atom. The van der Waals surface area contributed by atoms with Crippen LogP contribution in [0.25, 0.3) is 0 Å². The van der Waals surface area contributed by atoms with E-state index in [9.17, 15) is 19.2 Å². The van der Waals surface area contributed by atoms with E-state index < -0.39 is 17.1 Å². The molecular weight excluding hydrogens is 579 g/mol. The zero-order valence-electron chi connectivity index (χ0n) is 24.7. The molecule has 0 bridgehead atoms. The van der Waals surface area contributed by atoms with E-state index in [1.807, 2.05) is 56.3 Å². The van der Waals surface area contributed by atoms with Crippen LogP contribution in [0.3, 0.4) is 0 Å². The van der Waals surface area contributed by atoms with Gasteiger partial charge in [-0.15, -0.1) is 0 Å². The van der Waals surface area contributed by atoms with E-state index in [4.69, 9.17) is 0 Å². The van der Waals surface area contributed by atoms with Crippen LogP contribution in [-0.2, 0) is 26.3 Å². The molecule has 0 saturated carbocycles. The maximum absolute atomic E-state index is 14.1. The Balaban J connectivity index is 1.42. The van der Waals surface area contributed by atoms with E-state index in [1.165, 1.54) is 21.2 Å². The minimum Gasteiger partial charge on any atom is -0.325 e. The molecule has 3 atom stereocenters. The average molecular weight is 612 g/mol. The van der Waals surface area contributed by atoms with Crippen molar-refractivity contribution in [2.45, 2.75) is 62.8 Å². The first kappa shape index (κ1) is 29.1. The molecule has 1 saturated heterocycles. The van der Waals surface area contributed by atoms with Gasteiger partial charge in [0.05, 0.1) is 16.6 Å². The second-order valence-electron chi connectivity index (χ2n) is 12.3. The Hall–Kier alpha value is -3.95. The molecule has 0 aliphatic carbocycles. The predicted octanol–water partition coefficient (Wildman–Crippen LogP) is 6.26. The van der Waals surface area contributed by atoms with Gasteiger partial charge in [-0.25, -0.2) is 4.90 Å².